The van der Waals surface area contributed by atoms with Gasteiger partial charge in [0, 0.05) is 29.0 Å². The van der Waals surface area contributed by atoms with Crippen molar-refractivity contribution in [3.8, 4) is 16.5 Å². The summed E-state index contributed by atoms with van der Waals surface area (Å²) in [6.07, 6.45) is -4.90. The van der Waals surface area contributed by atoms with Crippen molar-refractivity contribution in [1.29, 1.82) is 0 Å². The summed E-state index contributed by atoms with van der Waals surface area (Å²) in [4.78, 5) is 48.4. The molecule has 0 unspecified atom stereocenters. The second-order valence-electron chi connectivity index (χ2n) is 15.6. The molecule has 312 valence electrons. The number of aromatic nitrogens is 1. The number of hydrogen-bond acceptors (Lipinski definition) is 9. The van der Waals surface area contributed by atoms with Crippen LogP contribution in [0.1, 0.15) is 75.8 Å². The van der Waals surface area contributed by atoms with Crippen LogP contribution in [0.3, 0.4) is 0 Å². The van der Waals surface area contributed by atoms with Crippen LogP contribution in [0.5, 0.6) is 5.19 Å². The fourth-order valence-electron chi connectivity index (χ4n) is 7.38. The van der Waals surface area contributed by atoms with Gasteiger partial charge < -0.3 is 20.3 Å². The lowest BCUT2D eigenvalue weighted by Gasteiger charge is -2.30. The SMILES string of the molecule is CC1(S(=O)(=O)NC(=O)[C@@]23C[C@H]2C=CCCCCC[C@H](Nc2cc(C(F)(F)F)cc(C(F)(F)F)c2)C(=O)N2C[C@H](Oc4nc(-c5ccccc5)cs4)C[C@H]2C(=O)N3)CC1. The molecule has 3 heterocycles. The molecule has 2 aliphatic carbocycles. The first kappa shape index (κ1) is 41.5. The van der Waals surface area contributed by atoms with Crippen LogP contribution >= 0.6 is 11.3 Å². The number of nitrogens with zero attached hydrogens (tertiary/aromatic N) is 2. The summed E-state index contributed by atoms with van der Waals surface area (Å²) in [5.41, 5.74) is -3.95. The van der Waals surface area contributed by atoms with Crippen LogP contribution in [0.15, 0.2) is 66.1 Å². The Kier molecular flexibility index (Phi) is 11.1. The van der Waals surface area contributed by atoms with Crippen LogP contribution in [0.25, 0.3) is 11.3 Å². The van der Waals surface area contributed by atoms with E-state index in [1.807, 2.05) is 36.4 Å². The number of allylic oxidation sites excluding steroid dienone is 1. The van der Waals surface area contributed by atoms with Crippen molar-refractivity contribution in [3.63, 3.8) is 0 Å². The van der Waals surface area contributed by atoms with Crippen molar-refractivity contribution in [3.05, 3.63) is 77.2 Å². The zero-order chi connectivity index (χ0) is 41.7. The number of carbonyl (C=O) groups excluding carboxylic acids is 3. The molecule has 0 spiro atoms. The van der Waals surface area contributed by atoms with Gasteiger partial charge in [-0.05, 0) is 63.6 Å². The average Bonchev–Trinajstić information content (AvgIpc) is 3.95. The van der Waals surface area contributed by atoms with Gasteiger partial charge in [0.25, 0.3) is 11.1 Å². The van der Waals surface area contributed by atoms with Gasteiger partial charge in [-0.15, -0.1) is 0 Å². The van der Waals surface area contributed by atoms with E-state index in [0.717, 1.165) is 10.5 Å². The van der Waals surface area contributed by atoms with Crippen LogP contribution < -0.4 is 20.1 Å². The molecule has 3 amide bonds. The van der Waals surface area contributed by atoms with Gasteiger partial charge in [0.2, 0.25) is 21.8 Å². The number of anilines is 1. The van der Waals surface area contributed by atoms with E-state index in [2.05, 4.69) is 20.3 Å². The van der Waals surface area contributed by atoms with Crippen LogP contribution in [0, 0.1) is 5.92 Å². The van der Waals surface area contributed by atoms with Gasteiger partial charge in [-0.2, -0.15) is 26.3 Å². The number of alkyl halides is 6. The number of amides is 3. The molecule has 7 rings (SSSR count). The highest BCUT2D eigenvalue weighted by atomic mass is 32.2. The molecule has 11 nitrogen and oxygen atoms in total. The topological polar surface area (TPSA) is 147 Å². The van der Waals surface area contributed by atoms with Gasteiger partial charge in [-0.3, -0.25) is 19.1 Å². The molecule has 2 aromatic carbocycles. The number of nitrogens with one attached hydrogen (secondary N) is 3. The molecule has 3 fully saturated rings. The molecular formula is C39H41F6N5O6S2. The van der Waals surface area contributed by atoms with Crippen molar-refractivity contribution in [1.82, 2.24) is 19.9 Å². The number of fused-ring (bicyclic) bond motifs is 2. The first-order chi connectivity index (χ1) is 27.3. The minimum atomic E-state index is -5.13. The molecule has 1 aromatic heterocycles. The lowest BCUT2D eigenvalue weighted by Crippen LogP contribution is -2.58. The molecule has 58 heavy (non-hydrogen) atoms. The summed E-state index contributed by atoms with van der Waals surface area (Å²) in [6, 6.07) is 7.52. The summed E-state index contributed by atoms with van der Waals surface area (Å²) in [6.45, 7) is 1.29. The average molecular weight is 854 g/mol. The molecule has 0 bridgehead atoms. The Morgan fingerprint density at radius 2 is 1.69 bits per heavy atom. The maximum atomic E-state index is 14.6. The van der Waals surface area contributed by atoms with E-state index in [1.165, 1.54) is 18.3 Å². The molecule has 4 aliphatic rings. The van der Waals surface area contributed by atoms with Crippen LogP contribution in [-0.4, -0.2) is 71.0 Å². The largest absolute Gasteiger partial charge is 0.465 e. The van der Waals surface area contributed by atoms with Crippen molar-refractivity contribution in [2.24, 2.45) is 5.92 Å². The molecule has 1 saturated heterocycles. The summed E-state index contributed by atoms with van der Waals surface area (Å²) < 4.78 is 116. The maximum Gasteiger partial charge on any atom is 0.416 e. The normalized spacial score (nSPS) is 26.4. The first-order valence-corrected chi connectivity index (χ1v) is 21.2. The second-order valence-corrected chi connectivity index (χ2v) is 18.6. The van der Waals surface area contributed by atoms with E-state index in [9.17, 15) is 49.1 Å². The Bertz CT molecular complexity index is 2160. The second kappa shape index (κ2) is 15.5. The Morgan fingerprint density at radius 1 is 1.00 bits per heavy atom. The van der Waals surface area contributed by atoms with Crippen LogP contribution in [-0.2, 0) is 36.8 Å². The summed E-state index contributed by atoms with van der Waals surface area (Å²) in [7, 11) is -4.09. The van der Waals surface area contributed by atoms with E-state index >= 15 is 0 Å². The van der Waals surface area contributed by atoms with E-state index in [4.69, 9.17) is 4.74 Å². The zero-order valence-corrected chi connectivity index (χ0v) is 32.8. The summed E-state index contributed by atoms with van der Waals surface area (Å²) in [5, 5.41) is 7.36. The smallest absolute Gasteiger partial charge is 0.416 e. The molecule has 5 atom stereocenters. The third kappa shape index (κ3) is 8.84. The van der Waals surface area contributed by atoms with E-state index in [0.29, 0.717) is 56.4 Å². The molecule has 0 radical (unpaired) electrons. The number of hydrogen-bond donors (Lipinski definition) is 3. The predicted molar refractivity (Wildman–Crippen MR) is 202 cm³/mol. The van der Waals surface area contributed by atoms with E-state index in [1.54, 1.807) is 11.5 Å². The van der Waals surface area contributed by atoms with Crippen molar-refractivity contribution < 1.29 is 53.9 Å². The van der Waals surface area contributed by atoms with Crippen molar-refractivity contribution in [2.75, 3.05) is 11.9 Å². The highest BCUT2D eigenvalue weighted by Gasteiger charge is 2.63. The van der Waals surface area contributed by atoms with Gasteiger partial charge in [0.1, 0.15) is 23.7 Å². The number of carbonyl (C=O) groups is 3. The molecule has 3 aromatic rings. The number of ether oxygens (including phenoxy) is 1. The number of rotatable bonds is 8. The minimum Gasteiger partial charge on any atom is -0.465 e. The number of thiazole rings is 1. The fourth-order valence-corrected chi connectivity index (χ4v) is 9.44. The lowest BCUT2D eigenvalue weighted by molar-refractivity contribution is -0.143. The van der Waals surface area contributed by atoms with Crippen LogP contribution in [0.4, 0.5) is 32.0 Å². The highest BCUT2D eigenvalue weighted by molar-refractivity contribution is 7.91. The summed E-state index contributed by atoms with van der Waals surface area (Å²) >= 11 is 1.17. The monoisotopic (exact) mass is 853 g/mol. The third-order valence-corrected chi connectivity index (χ3v) is 14.1. The molecular weight excluding hydrogens is 813 g/mol. The third-order valence-electron chi connectivity index (χ3n) is 11.2. The number of sulfonamides is 1. The van der Waals surface area contributed by atoms with Gasteiger partial charge in [0.15, 0.2) is 0 Å². The Labute approximate surface area is 334 Å². The fraction of sp³-hybridized carbons (Fsp3) is 0.487. The minimum absolute atomic E-state index is 0.00494. The molecule has 2 saturated carbocycles. The highest BCUT2D eigenvalue weighted by Crippen LogP contribution is 2.48. The van der Waals surface area contributed by atoms with Crippen molar-refractivity contribution >= 4 is 44.8 Å². The Hall–Kier alpha value is -4.65. The van der Waals surface area contributed by atoms with Gasteiger partial charge in [0.05, 0.1) is 28.1 Å². The van der Waals surface area contributed by atoms with E-state index in [-0.39, 0.29) is 37.1 Å². The molecule has 3 N–H and O–H groups in total. The summed E-state index contributed by atoms with van der Waals surface area (Å²) in [5.74, 6) is -3.08. The molecule has 19 heteroatoms. The zero-order valence-electron chi connectivity index (χ0n) is 31.2. The molecule has 2 aliphatic heterocycles. The number of halogens is 6. The Morgan fingerprint density at radius 3 is 2.34 bits per heavy atom. The quantitative estimate of drug-likeness (QED) is 0.161. The van der Waals surface area contributed by atoms with Crippen molar-refractivity contribution in [2.45, 2.75) is 106 Å². The standard InChI is InChI=1S/C39H41F6N5O6S2/c1-36(14-15-36)58(54,55)49-34(53)37-20-24(37)12-8-3-2-4-9-13-29(46-27-17-25(38(40,41)42)16-26(18-27)39(43,44)45)33(52)50-21-28(19-31(50)32(51)48-37)56-35-47-30(22-57-35)23-10-6-5-7-11-23/h5-8,10-12,16-18,22,24,28-29,31,46H,2-4,9,13-15,19-21H2,1H3,(H,48,51)(H,49,53)/t24-,28-,29+,31+,37-/m1/s1. The van der Waals surface area contributed by atoms with Gasteiger partial charge in [-0.25, -0.2) is 13.4 Å². The van der Waals surface area contributed by atoms with E-state index < -0.39 is 91.3 Å². The lowest BCUT2D eigenvalue weighted by atomic mass is 10.0. The maximum absolute atomic E-state index is 14.6. The Balaban J connectivity index is 1.21. The van der Waals surface area contributed by atoms with Gasteiger partial charge in [-0.1, -0.05) is 66.7 Å². The first-order valence-electron chi connectivity index (χ1n) is 18.9. The van der Waals surface area contributed by atoms with Gasteiger partial charge >= 0.3 is 12.4 Å². The predicted octanol–water partition coefficient (Wildman–Crippen LogP) is 7.07. The van der Waals surface area contributed by atoms with Crippen LogP contribution in [0.2, 0.25) is 0 Å². The number of benzene rings is 2.